The van der Waals surface area contributed by atoms with Crippen LogP contribution in [0.1, 0.15) is 32.4 Å². The zero-order valence-electron chi connectivity index (χ0n) is 14.8. The van der Waals surface area contributed by atoms with Crippen LogP contribution in [-0.4, -0.2) is 37.3 Å². The van der Waals surface area contributed by atoms with Gasteiger partial charge in [0.2, 0.25) is 0 Å². The van der Waals surface area contributed by atoms with Gasteiger partial charge in [-0.1, -0.05) is 30.3 Å². The van der Waals surface area contributed by atoms with Gasteiger partial charge in [-0.3, -0.25) is 0 Å². The van der Waals surface area contributed by atoms with Crippen molar-refractivity contribution in [3.63, 3.8) is 0 Å². The smallest absolute Gasteiger partial charge is 0.408 e. The van der Waals surface area contributed by atoms with E-state index in [2.05, 4.69) is 10.1 Å². The van der Waals surface area contributed by atoms with Crippen molar-refractivity contribution >= 4 is 18.0 Å². The minimum absolute atomic E-state index is 0.117. The Bertz CT molecular complexity index is 618. The summed E-state index contributed by atoms with van der Waals surface area (Å²) in [5.41, 5.74) is 0.101. The molecule has 25 heavy (non-hydrogen) atoms. The number of amides is 1. The van der Waals surface area contributed by atoms with Gasteiger partial charge >= 0.3 is 18.0 Å². The first kappa shape index (κ1) is 20.2. The number of ether oxygens (including phenoxy) is 3. The number of carbonyl (C=O) groups excluding carboxylic acids is 3. The highest BCUT2D eigenvalue weighted by Crippen LogP contribution is 2.15. The minimum atomic E-state index is -0.725. The van der Waals surface area contributed by atoms with Crippen LogP contribution in [0.3, 0.4) is 0 Å². The molecule has 136 valence electrons. The van der Waals surface area contributed by atoms with E-state index in [1.807, 2.05) is 6.07 Å². The topological polar surface area (TPSA) is 90.9 Å². The van der Waals surface area contributed by atoms with Gasteiger partial charge in [0.05, 0.1) is 13.2 Å². The molecule has 1 atom stereocenters. The summed E-state index contributed by atoms with van der Waals surface area (Å²) in [4.78, 5) is 34.6. The number of alkyl carbamates (subject to hydrolysis) is 1. The summed E-state index contributed by atoms with van der Waals surface area (Å²) in [5.74, 6) is -1.39. The minimum Gasteiger partial charge on any atom is -0.466 e. The van der Waals surface area contributed by atoms with Gasteiger partial charge < -0.3 is 19.5 Å². The average Bonchev–Trinajstić information content (AvgIpc) is 2.55. The van der Waals surface area contributed by atoms with E-state index in [9.17, 15) is 14.4 Å². The van der Waals surface area contributed by atoms with E-state index in [4.69, 9.17) is 9.47 Å². The number of hydrogen-bond donors (Lipinski definition) is 1. The summed E-state index contributed by atoms with van der Waals surface area (Å²) in [7, 11) is 1.20. The van der Waals surface area contributed by atoms with Crippen LogP contribution >= 0.6 is 0 Å². The van der Waals surface area contributed by atoms with Crippen LogP contribution in [0.4, 0.5) is 4.79 Å². The van der Waals surface area contributed by atoms with Crippen molar-refractivity contribution in [2.24, 2.45) is 0 Å². The molecule has 0 bridgehead atoms. The number of benzene rings is 1. The molecule has 0 aliphatic rings. The molecule has 1 aromatic carbocycles. The third kappa shape index (κ3) is 8.55. The summed E-state index contributed by atoms with van der Waals surface area (Å²) >= 11 is 0. The molecule has 0 aliphatic heterocycles. The van der Waals surface area contributed by atoms with E-state index in [0.29, 0.717) is 0 Å². The van der Waals surface area contributed by atoms with E-state index in [1.165, 1.54) is 7.11 Å². The zero-order chi connectivity index (χ0) is 18.9. The quantitative estimate of drug-likeness (QED) is 0.482. The molecule has 0 fully saturated rings. The zero-order valence-corrected chi connectivity index (χ0v) is 14.8. The molecule has 0 aromatic heterocycles. The molecule has 1 aromatic rings. The van der Waals surface area contributed by atoms with Crippen molar-refractivity contribution < 1.29 is 28.6 Å². The summed E-state index contributed by atoms with van der Waals surface area (Å²) in [6.45, 7) is 5.14. The fraction of sp³-hybridized carbons (Fsp3) is 0.389. The summed E-state index contributed by atoms with van der Waals surface area (Å²) in [6.07, 6.45) is 1.30. The molecule has 1 rings (SSSR count). The summed E-state index contributed by atoms with van der Waals surface area (Å²) < 4.78 is 14.7. The molecule has 0 aliphatic carbocycles. The van der Waals surface area contributed by atoms with Crippen LogP contribution in [0.5, 0.6) is 0 Å². The van der Waals surface area contributed by atoms with E-state index in [1.54, 1.807) is 45.0 Å². The lowest BCUT2D eigenvalue weighted by atomic mass is 10.1. The van der Waals surface area contributed by atoms with E-state index < -0.39 is 29.7 Å². The second-order valence-electron chi connectivity index (χ2n) is 6.10. The van der Waals surface area contributed by atoms with E-state index >= 15 is 0 Å². The summed E-state index contributed by atoms with van der Waals surface area (Å²) in [6, 6.07) is 8.43. The Morgan fingerprint density at radius 3 is 2.24 bits per heavy atom. The van der Waals surface area contributed by atoms with Crippen molar-refractivity contribution in [2.75, 3.05) is 13.7 Å². The predicted octanol–water partition coefficient (Wildman–Crippen LogP) is 2.52. The van der Waals surface area contributed by atoms with E-state index in [-0.39, 0.29) is 6.61 Å². The Morgan fingerprint density at radius 2 is 1.68 bits per heavy atom. The highest BCUT2D eigenvalue weighted by atomic mass is 16.6. The van der Waals surface area contributed by atoms with Crippen molar-refractivity contribution in [3.05, 3.63) is 48.0 Å². The van der Waals surface area contributed by atoms with Gasteiger partial charge in [0, 0.05) is 12.2 Å². The highest BCUT2D eigenvalue weighted by molar-refractivity contribution is 5.91. The molecule has 0 saturated carbocycles. The highest BCUT2D eigenvalue weighted by Gasteiger charge is 2.21. The SMILES string of the molecule is COC(=O)/C=C/C(=O)OC[C@@H](NC(=O)OC(C)(C)C)c1ccccc1. The van der Waals surface area contributed by atoms with Gasteiger partial charge in [0.1, 0.15) is 12.2 Å². The maximum Gasteiger partial charge on any atom is 0.408 e. The van der Waals surface area contributed by atoms with Gasteiger partial charge in [-0.25, -0.2) is 14.4 Å². The standard InChI is InChI=1S/C18H23NO6/c1-18(2,3)25-17(22)19-14(13-8-6-5-7-9-13)12-24-16(21)11-10-15(20)23-4/h5-11,14H,12H2,1-4H3,(H,19,22)/b11-10+/t14-/m1/s1. The van der Waals surface area contributed by atoms with Gasteiger partial charge in [0.15, 0.2) is 0 Å². The number of hydrogen-bond acceptors (Lipinski definition) is 6. The maximum absolute atomic E-state index is 12.0. The number of methoxy groups -OCH3 is 1. The first-order chi connectivity index (χ1) is 11.7. The molecular weight excluding hydrogens is 326 g/mol. The van der Waals surface area contributed by atoms with Crippen molar-refractivity contribution in [2.45, 2.75) is 32.4 Å². The molecule has 1 amide bonds. The third-order valence-electron chi connectivity index (χ3n) is 2.84. The molecule has 7 nitrogen and oxygen atoms in total. The number of nitrogens with one attached hydrogen (secondary N) is 1. The Labute approximate surface area is 146 Å². The van der Waals surface area contributed by atoms with Gasteiger partial charge in [-0.15, -0.1) is 0 Å². The monoisotopic (exact) mass is 349 g/mol. The first-order valence-corrected chi connectivity index (χ1v) is 7.68. The molecule has 1 N–H and O–H groups in total. The largest absolute Gasteiger partial charge is 0.466 e. The van der Waals surface area contributed by atoms with Crippen LogP contribution in [-0.2, 0) is 23.8 Å². The fourth-order valence-corrected chi connectivity index (χ4v) is 1.77. The first-order valence-electron chi connectivity index (χ1n) is 7.68. The Balaban J connectivity index is 2.73. The van der Waals surface area contributed by atoms with Crippen molar-refractivity contribution in [1.29, 1.82) is 0 Å². The van der Waals surface area contributed by atoms with Crippen molar-refractivity contribution in [3.8, 4) is 0 Å². The number of esters is 2. The third-order valence-corrected chi connectivity index (χ3v) is 2.84. The normalized spacial score (nSPS) is 12.3. The average molecular weight is 349 g/mol. The van der Waals surface area contributed by atoms with Gasteiger partial charge in [-0.05, 0) is 26.3 Å². The molecule has 0 heterocycles. The van der Waals surface area contributed by atoms with Crippen molar-refractivity contribution in [1.82, 2.24) is 5.32 Å². The maximum atomic E-state index is 12.0. The number of rotatable bonds is 6. The second kappa shape index (κ2) is 9.46. The van der Waals surface area contributed by atoms with Crippen LogP contribution < -0.4 is 5.32 Å². The molecule has 0 spiro atoms. The second-order valence-corrected chi connectivity index (χ2v) is 6.10. The molecule has 0 saturated heterocycles. The molecular formula is C18H23NO6. The lowest BCUT2D eigenvalue weighted by molar-refractivity contribution is -0.140. The molecule has 0 radical (unpaired) electrons. The summed E-state index contributed by atoms with van der Waals surface area (Å²) in [5, 5.41) is 2.67. The Morgan fingerprint density at radius 1 is 1.08 bits per heavy atom. The number of carbonyl (C=O) groups is 3. The molecule has 0 unspecified atom stereocenters. The van der Waals surface area contributed by atoms with Crippen LogP contribution in [0, 0.1) is 0 Å². The van der Waals surface area contributed by atoms with Gasteiger partial charge in [-0.2, -0.15) is 0 Å². The van der Waals surface area contributed by atoms with Crippen LogP contribution in [0.15, 0.2) is 42.5 Å². The van der Waals surface area contributed by atoms with Crippen LogP contribution in [0.25, 0.3) is 0 Å². The molecule has 7 heteroatoms. The predicted molar refractivity (Wildman–Crippen MR) is 90.7 cm³/mol. The fourth-order valence-electron chi connectivity index (χ4n) is 1.77. The van der Waals surface area contributed by atoms with Crippen LogP contribution in [0.2, 0.25) is 0 Å². The Kier molecular flexibility index (Phi) is 7.65. The van der Waals surface area contributed by atoms with E-state index in [0.717, 1.165) is 17.7 Å². The Hall–Kier alpha value is -2.83. The lowest BCUT2D eigenvalue weighted by Crippen LogP contribution is -2.37. The lowest BCUT2D eigenvalue weighted by Gasteiger charge is -2.23. The van der Waals surface area contributed by atoms with Gasteiger partial charge in [0.25, 0.3) is 0 Å².